The van der Waals surface area contributed by atoms with E-state index in [0.717, 1.165) is 114 Å². The third-order valence-corrected chi connectivity index (χ3v) is 16.3. The number of hydrogen-bond donors (Lipinski definition) is 2. The Morgan fingerprint density at radius 3 is 2.41 bits per heavy atom. The zero-order chi connectivity index (χ0) is 40.2. The van der Waals surface area contributed by atoms with Crippen molar-refractivity contribution in [2.75, 3.05) is 42.9 Å². The van der Waals surface area contributed by atoms with Gasteiger partial charge in [0.2, 0.25) is 17.8 Å². The molecule has 2 amide bonds. The molecule has 2 aliphatic carbocycles. The number of carbonyl (C=O) groups is 2. The van der Waals surface area contributed by atoms with Crippen LogP contribution in [0.4, 0.5) is 17.3 Å². The highest BCUT2D eigenvalue weighted by Gasteiger charge is 2.51. The number of anilines is 3. The molecule has 1 unspecified atom stereocenters. The molecule has 14 heteroatoms. The van der Waals surface area contributed by atoms with E-state index in [-0.39, 0.29) is 45.0 Å². The molecule has 0 radical (unpaired) electrons. The molecular formula is C44H52ClN7O5S. The van der Waals surface area contributed by atoms with Crippen molar-refractivity contribution in [1.82, 2.24) is 24.8 Å². The maximum atomic E-state index is 13.9. The van der Waals surface area contributed by atoms with Crippen molar-refractivity contribution < 1.29 is 18.0 Å². The van der Waals surface area contributed by atoms with Crippen LogP contribution in [0, 0.1) is 18.3 Å². The van der Waals surface area contributed by atoms with Gasteiger partial charge in [0.05, 0.1) is 16.1 Å². The zero-order valence-electron chi connectivity index (χ0n) is 33.1. The summed E-state index contributed by atoms with van der Waals surface area (Å²) in [6, 6.07) is 15.2. The van der Waals surface area contributed by atoms with E-state index in [1.165, 1.54) is 0 Å². The number of sulfone groups is 1. The van der Waals surface area contributed by atoms with Crippen molar-refractivity contribution in [3.05, 3.63) is 81.2 Å². The van der Waals surface area contributed by atoms with Gasteiger partial charge in [0, 0.05) is 55.1 Å². The molecule has 5 heterocycles. The fourth-order valence-electron chi connectivity index (χ4n) is 10.3. The molecular weight excluding hydrogens is 774 g/mol. The number of piperidine rings is 3. The number of fused-ring (bicyclic) bond motifs is 1. The van der Waals surface area contributed by atoms with Crippen LogP contribution in [0.3, 0.4) is 0 Å². The first-order chi connectivity index (χ1) is 27.9. The summed E-state index contributed by atoms with van der Waals surface area (Å²) >= 11 is 6.30. The van der Waals surface area contributed by atoms with Gasteiger partial charge in [-0.15, -0.1) is 0 Å². The summed E-state index contributed by atoms with van der Waals surface area (Å²) in [5.41, 5.74) is 4.04. The molecule has 4 aromatic rings. The van der Waals surface area contributed by atoms with Crippen molar-refractivity contribution in [3.63, 3.8) is 0 Å². The Bertz CT molecular complexity index is 2410. The predicted molar refractivity (Wildman–Crippen MR) is 226 cm³/mol. The van der Waals surface area contributed by atoms with Gasteiger partial charge in [-0.1, -0.05) is 36.6 Å². The molecule has 1 atom stereocenters. The standard InChI is InChI=1S/C44H52ClN7O5S/c1-28-21-34(9-11-38(28)47-43-46-26-31-23-37(45)42(55)52(40(31)49-43)32-6-2-3-7-32)58(56,57)35-24-44(25-35)15-19-50(20-16-44)27-29-13-17-51(18-14-29)33-8-4-5-30(22-33)36-10-12-39(53)48-41(36)54/h4-5,8-9,11,21-23,26,29,32,35-36H,2-3,6-7,10,12-20,24-25,27H2,1H3,(H,46,47,49)(H,48,53,54). The average Bonchev–Trinajstić information content (AvgIpc) is 3.74. The maximum absolute atomic E-state index is 13.9. The fourth-order valence-corrected chi connectivity index (χ4v) is 12.7. The number of halogens is 1. The van der Waals surface area contributed by atoms with E-state index < -0.39 is 9.84 Å². The van der Waals surface area contributed by atoms with E-state index in [1.807, 2.05) is 19.1 Å². The van der Waals surface area contributed by atoms with E-state index in [4.69, 9.17) is 16.6 Å². The minimum Gasteiger partial charge on any atom is -0.372 e. The topological polar surface area (TPSA) is 147 Å². The van der Waals surface area contributed by atoms with Crippen LogP contribution in [-0.4, -0.2) is 77.6 Å². The molecule has 0 bridgehead atoms. The Hall–Kier alpha value is -4.33. The Morgan fingerprint density at radius 2 is 1.69 bits per heavy atom. The molecule has 2 saturated carbocycles. The average molecular weight is 826 g/mol. The number of carbonyl (C=O) groups excluding carboxylic acids is 2. The number of nitrogens with one attached hydrogen (secondary N) is 2. The van der Waals surface area contributed by atoms with Gasteiger partial charge in [-0.25, -0.2) is 13.4 Å². The molecule has 9 rings (SSSR count). The summed E-state index contributed by atoms with van der Waals surface area (Å²) in [6.07, 6.45) is 12.3. The van der Waals surface area contributed by atoms with E-state index in [0.29, 0.717) is 46.3 Å². The summed E-state index contributed by atoms with van der Waals surface area (Å²) in [5.74, 6) is 0.315. The van der Waals surface area contributed by atoms with Gasteiger partial charge >= 0.3 is 0 Å². The van der Waals surface area contributed by atoms with Crippen LogP contribution >= 0.6 is 11.6 Å². The molecule has 5 fully saturated rings. The number of aryl methyl sites for hydroxylation is 1. The molecule has 306 valence electrons. The van der Waals surface area contributed by atoms with Gasteiger partial charge in [-0.2, -0.15) is 4.98 Å². The summed E-state index contributed by atoms with van der Waals surface area (Å²) in [7, 11) is -3.48. The van der Waals surface area contributed by atoms with Gasteiger partial charge in [0.1, 0.15) is 10.7 Å². The second-order valence-corrected chi connectivity index (χ2v) is 20.2. The fraction of sp³-hybridized carbons (Fsp3) is 0.523. The molecule has 2 aromatic heterocycles. The molecule has 3 saturated heterocycles. The highest BCUT2D eigenvalue weighted by atomic mass is 35.5. The third kappa shape index (κ3) is 7.65. The second kappa shape index (κ2) is 15.7. The Morgan fingerprint density at radius 1 is 0.931 bits per heavy atom. The van der Waals surface area contributed by atoms with Crippen molar-refractivity contribution in [2.24, 2.45) is 11.3 Å². The first-order valence-electron chi connectivity index (χ1n) is 21.1. The number of pyridine rings is 1. The molecule has 2 N–H and O–H groups in total. The van der Waals surface area contributed by atoms with Crippen molar-refractivity contribution >= 4 is 61.6 Å². The molecule has 2 aromatic carbocycles. The maximum Gasteiger partial charge on any atom is 0.271 e. The number of aromatic nitrogens is 3. The number of benzene rings is 2. The Labute approximate surface area is 344 Å². The number of amides is 2. The van der Waals surface area contributed by atoms with E-state index in [2.05, 4.69) is 37.6 Å². The quantitative estimate of drug-likeness (QED) is 0.168. The van der Waals surface area contributed by atoms with E-state index >= 15 is 0 Å². The van der Waals surface area contributed by atoms with Gasteiger partial charge in [0.15, 0.2) is 9.84 Å². The van der Waals surface area contributed by atoms with Gasteiger partial charge < -0.3 is 15.1 Å². The Kier molecular flexibility index (Phi) is 10.6. The van der Waals surface area contributed by atoms with Crippen molar-refractivity contribution in [2.45, 2.75) is 106 Å². The first kappa shape index (κ1) is 39.1. The summed E-state index contributed by atoms with van der Waals surface area (Å²) in [5, 5.41) is 6.25. The molecule has 12 nitrogen and oxygen atoms in total. The van der Waals surface area contributed by atoms with E-state index in [9.17, 15) is 22.8 Å². The normalized spacial score (nSPS) is 22.4. The number of rotatable bonds is 9. The van der Waals surface area contributed by atoms with Crippen LogP contribution in [0.25, 0.3) is 11.0 Å². The minimum atomic E-state index is -3.48. The largest absolute Gasteiger partial charge is 0.372 e. The lowest BCUT2D eigenvalue weighted by atomic mass is 9.63. The summed E-state index contributed by atoms with van der Waals surface area (Å²) < 4.78 is 29.5. The van der Waals surface area contributed by atoms with E-state index in [1.54, 1.807) is 35.0 Å². The van der Waals surface area contributed by atoms with Gasteiger partial charge in [-0.05, 0) is 137 Å². The summed E-state index contributed by atoms with van der Waals surface area (Å²) in [6.45, 7) is 6.96. The smallest absolute Gasteiger partial charge is 0.271 e. The van der Waals surface area contributed by atoms with Gasteiger partial charge in [0.25, 0.3) is 5.56 Å². The summed E-state index contributed by atoms with van der Waals surface area (Å²) in [4.78, 5) is 51.8. The lowest BCUT2D eigenvalue weighted by Gasteiger charge is -2.52. The molecule has 1 spiro atoms. The van der Waals surface area contributed by atoms with Crippen LogP contribution in [0.2, 0.25) is 5.02 Å². The lowest BCUT2D eigenvalue weighted by molar-refractivity contribution is -0.134. The molecule has 3 aliphatic heterocycles. The van der Waals surface area contributed by atoms with Crippen LogP contribution < -0.4 is 21.1 Å². The lowest BCUT2D eigenvalue weighted by Crippen LogP contribution is -2.52. The first-order valence-corrected chi connectivity index (χ1v) is 23.0. The minimum absolute atomic E-state index is 0.0581. The van der Waals surface area contributed by atoms with Crippen LogP contribution in [-0.2, 0) is 19.4 Å². The van der Waals surface area contributed by atoms with Crippen LogP contribution in [0.1, 0.15) is 100 Å². The highest BCUT2D eigenvalue weighted by molar-refractivity contribution is 7.92. The number of nitrogens with zero attached hydrogens (tertiary/aromatic N) is 5. The monoisotopic (exact) mass is 825 g/mol. The number of likely N-dealkylation sites (tertiary alicyclic amines) is 1. The van der Waals surface area contributed by atoms with Crippen LogP contribution in [0.15, 0.2) is 64.4 Å². The van der Waals surface area contributed by atoms with Crippen molar-refractivity contribution in [3.8, 4) is 0 Å². The predicted octanol–water partition coefficient (Wildman–Crippen LogP) is 7.07. The second-order valence-electron chi connectivity index (χ2n) is 17.6. The number of hydrogen-bond acceptors (Lipinski definition) is 10. The van der Waals surface area contributed by atoms with Crippen LogP contribution in [0.5, 0.6) is 0 Å². The number of imide groups is 1. The third-order valence-electron chi connectivity index (χ3n) is 13.9. The highest BCUT2D eigenvalue weighted by Crippen LogP contribution is 2.53. The Balaban J connectivity index is 0.765. The van der Waals surface area contributed by atoms with Crippen molar-refractivity contribution in [1.29, 1.82) is 0 Å². The molecule has 58 heavy (non-hydrogen) atoms. The van der Waals surface area contributed by atoms with Gasteiger partial charge in [-0.3, -0.25) is 24.3 Å². The zero-order valence-corrected chi connectivity index (χ0v) is 34.7. The molecule has 5 aliphatic rings. The SMILES string of the molecule is Cc1cc(S(=O)(=O)C2CC3(CCN(CC4CCN(c5cccc(C6CCC(=O)NC6=O)c5)CC4)CC3)C2)ccc1Nc1ncc2cc(Cl)c(=O)n(C3CCCC3)c2n1.